The summed E-state index contributed by atoms with van der Waals surface area (Å²) in [7, 11) is 0. The lowest BCUT2D eigenvalue weighted by molar-refractivity contribution is 0.332. The summed E-state index contributed by atoms with van der Waals surface area (Å²) < 4.78 is 0. The van der Waals surface area contributed by atoms with Gasteiger partial charge in [-0.1, -0.05) is 155 Å². The standard InChI is InChI=1S/C54H48N2/c1-53(2)35-36-54(3,4)51-38-48(33-34-50(51)53)55(45-29-25-40(26-30-45)39-15-7-5-8-16-39)46-31-27-41(28-32-46)43-19-13-22-47(37-43)56(44-20-9-6-10-21-44)52-24-14-18-42-17-11-12-23-49(42)52/h5-34,37-38H,35-36H2,1-4H3. The van der Waals surface area contributed by atoms with E-state index in [-0.39, 0.29) is 10.8 Å². The predicted octanol–water partition coefficient (Wildman–Crippen LogP) is 15.5. The fourth-order valence-corrected chi connectivity index (χ4v) is 8.63. The highest BCUT2D eigenvalue weighted by molar-refractivity contribution is 5.99. The molecule has 2 nitrogen and oxygen atoms in total. The maximum atomic E-state index is 2.46. The number of anilines is 6. The van der Waals surface area contributed by atoms with E-state index in [0.717, 1.165) is 28.4 Å². The minimum atomic E-state index is 0.109. The summed E-state index contributed by atoms with van der Waals surface area (Å²) in [4.78, 5) is 4.80. The van der Waals surface area contributed by atoms with Crippen LogP contribution in [0.25, 0.3) is 33.0 Å². The van der Waals surface area contributed by atoms with Crippen molar-refractivity contribution in [2.45, 2.75) is 51.4 Å². The fraction of sp³-hybridized carbons (Fsp3) is 0.148. The van der Waals surface area contributed by atoms with Crippen molar-refractivity contribution in [2.75, 3.05) is 9.80 Å². The highest BCUT2D eigenvalue weighted by Gasteiger charge is 2.37. The Labute approximate surface area is 332 Å². The third-order valence-electron chi connectivity index (χ3n) is 11.9. The first-order valence-electron chi connectivity index (χ1n) is 19.9. The maximum Gasteiger partial charge on any atom is 0.0540 e. The molecule has 56 heavy (non-hydrogen) atoms. The van der Waals surface area contributed by atoms with Gasteiger partial charge in [0.15, 0.2) is 0 Å². The summed E-state index contributed by atoms with van der Waals surface area (Å²) in [5.74, 6) is 0. The number of hydrogen-bond donors (Lipinski definition) is 0. The third-order valence-corrected chi connectivity index (χ3v) is 11.9. The van der Waals surface area contributed by atoms with Crippen LogP contribution in [0.15, 0.2) is 194 Å². The smallest absolute Gasteiger partial charge is 0.0540 e. The van der Waals surface area contributed by atoms with Gasteiger partial charge in [-0.3, -0.25) is 0 Å². The van der Waals surface area contributed by atoms with E-state index in [0.29, 0.717) is 0 Å². The number of rotatable bonds is 8. The van der Waals surface area contributed by atoms with Gasteiger partial charge >= 0.3 is 0 Å². The topological polar surface area (TPSA) is 6.48 Å². The Morgan fingerprint density at radius 2 is 0.804 bits per heavy atom. The Bertz CT molecular complexity index is 2620. The molecular formula is C54H48N2. The lowest BCUT2D eigenvalue weighted by Gasteiger charge is -2.42. The van der Waals surface area contributed by atoms with Crippen LogP contribution < -0.4 is 9.80 Å². The van der Waals surface area contributed by atoms with E-state index in [9.17, 15) is 0 Å². The highest BCUT2D eigenvalue weighted by atomic mass is 15.1. The molecule has 0 N–H and O–H groups in total. The van der Waals surface area contributed by atoms with E-state index in [4.69, 9.17) is 0 Å². The molecule has 0 fully saturated rings. The summed E-state index contributed by atoms with van der Waals surface area (Å²) >= 11 is 0. The number of benzene rings is 8. The second-order valence-corrected chi connectivity index (χ2v) is 16.5. The molecule has 8 aromatic carbocycles. The van der Waals surface area contributed by atoms with Gasteiger partial charge in [-0.15, -0.1) is 0 Å². The molecule has 1 aliphatic carbocycles. The molecule has 8 aromatic rings. The molecule has 0 saturated carbocycles. The van der Waals surface area contributed by atoms with Gasteiger partial charge in [0.1, 0.15) is 0 Å². The molecule has 2 heteroatoms. The van der Waals surface area contributed by atoms with Crippen molar-refractivity contribution in [1.82, 2.24) is 0 Å². The van der Waals surface area contributed by atoms with E-state index >= 15 is 0 Å². The zero-order valence-corrected chi connectivity index (χ0v) is 32.8. The van der Waals surface area contributed by atoms with Gasteiger partial charge in [0, 0.05) is 33.8 Å². The SMILES string of the molecule is CC1(C)CCC(C)(C)c2cc(N(c3ccc(-c4ccccc4)cc3)c3ccc(-c4cccc(N(c5ccccc5)c5cccc6ccccc56)c4)cc3)ccc21. The minimum absolute atomic E-state index is 0.109. The lowest BCUT2D eigenvalue weighted by atomic mass is 9.63. The van der Waals surface area contributed by atoms with Crippen LogP contribution in [-0.2, 0) is 10.8 Å². The van der Waals surface area contributed by atoms with Gasteiger partial charge < -0.3 is 9.80 Å². The van der Waals surface area contributed by atoms with Crippen molar-refractivity contribution in [2.24, 2.45) is 0 Å². The van der Waals surface area contributed by atoms with Gasteiger partial charge in [0.25, 0.3) is 0 Å². The summed E-state index contributed by atoms with van der Waals surface area (Å²) in [6.45, 7) is 9.61. The second kappa shape index (κ2) is 14.4. The lowest BCUT2D eigenvalue weighted by Crippen LogP contribution is -2.34. The normalized spacial score (nSPS) is 14.2. The van der Waals surface area contributed by atoms with Crippen LogP contribution in [-0.4, -0.2) is 0 Å². The second-order valence-electron chi connectivity index (χ2n) is 16.5. The molecule has 0 bridgehead atoms. The number of fused-ring (bicyclic) bond motifs is 2. The third kappa shape index (κ3) is 6.66. The average Bonchev–Trinajstić information content (AvgIpc) is 3.24. The van der Waals surface area contributed by atoms with Gasteiger partial charge in [0.2, 0.25) is 0 Å². The Morgan fingerprint density at radius 1 is 0.339 bits per heavy atom. The quantitative estimate of drug-likeness (QED) is 0.154. The largest absolute Gasteiger partial charge is 0.310 e. The zero-order valence-electron chi connectivity index (χ0n) is 32.8. The molecule has 0 heterocycles. The molecular weight excluding hydrogens is 677 g/mol. The van der Waals surface area contributed by atoms with Crippen molar-refractivity contribution >= 4 is 44.9 Å². The molecule has 0 spiro atoms. The minimum Gasteiger partial charge on any atom is -0.310 e. The maximum absolute atomic E-state index is 2.46. The number of nitrogens with zero attached hydrogens (tertiary/aromatic N) is 2. The van der Waals surface area contributed by atoms with E-state index in [1.165, 1.54) is 62.7 Å². The van der Waals surface area contributed by atoms with Crippen molar-refractivity contribution in [3.8, 4) is 22.3 Å². The molecule has 274 valence electrons. The Balaban J connectivity index is 1.12. The predicted molar refractivity (Wildman–Crippen MR) is 239 cm³/mol. The van der Waals surface area contributed by atoms with E-state index in [1.807, 2.05) is 0 Å². The summed E-state index contributed by atoms with van der Waals surface area (Å²) in [6.07, 6.45) is 2.38. The molecule has 0 aliphatic heterocycles. The Morgan fingerprint density at radius 3 is 1.50 bits per heavy atom. The molecule has 0 atom stereocenters. The Hall–Kier alpha value is -6.38. The van der Waals surface area contributed by atoms with Crippen molar-refractivity contribution in [3.05, 3.63) is 205 Å². The van der Waals surface area contributed by atoms with Crippen molar-refractivity contribution < 1.29 is 0 Å². The van der Waals surface area contributed by atoms with Gasteiger partial charge in [-0.05, 0) is 129 Å². The summed E-state index contributed by atoms with van der Waals surface area (Å²) in [5, 5.41) is 2.45. The van der Waals surface area contributed by atoms with E-state index in [1.54, 1.807) is 0 Å². The molecule has 0 amide bonds. The van der Waals surface area contributed by atoms with Gasteiger partial charge in [0.05, 0.1) is 5.69 Å². The van der Waals surface area contributed by atoms with Crippen LogP contribution in [0.4, 0.5) is 34.1 Å². The zero-order chi connectivity index (χ0) is 38.3. The first kappa shape index (κ1) is 35.3. The average molecular weight is 725 g/mol. The summed E-state index contributed by atoms with van der Waals surface area (Å²) in [5.41, 5.74) is 14.8. The monoisotopic (exact) mass is 724 g/mol. The van der Waals surface area contributed by atoms with Crippen LogP contribution in [0.2, 0.25) is 0 Å². The first-order valence-corrected chi connectivity index (χ1v) is 19.9. The Kier molecular flexibility index (Phi) is 9.06. The summed E-state index contributed by atoms with van der Waals surface area (Å²) in [6, 6.07) is 70.8. The molecule has 0 aromatic heterocycles. The highest BCUT2D eigenvalue weighted by Crippen LogP contribution is 2.48. The van der Waals surface area contributed by atoms with Crippen LogP contribution in [0.3, 0.4) is 0 Å². The molecule has 0 saturated heterocycles. The van der Waals surface area contributed by atoms with Crippen LogP contribution in [0, 0.1) is 0 Å². The van der Waals surface area contributed by atoms with Crippen molar-refractivity contribution in [3.63, 3.8) is 0 Å². The molecule has 0 unspecified atom stereocenters. The van der Waals surface area contributed by atoms with E-state index in [2.05, 4.69) is 232 Å². The van der Waals surface area contributed by atoms with Crippen LogP contribution >= 0.6 is 0 Å². The first-order chi connectivity index (χ1) is 27.2. The number of para-hydroxylation sites is 1. The van der Waals surface area contributed by atoms with Crippen LogP contribution in [0.5, 0.6) is 0 Å². The van der Waals surface area contributed by atoms with Crippen molar-refractivity contribution in [1.29, 1.82) is 0 Å². The van der Waals surface area contributed by atoms with Gasteiger partial charge in [-0.2, -0.15) is 0 Å². The molecule has 1 aliphatic rings. The molecule has 9 rings (SSSR count). The van der Waals surface area contributed by atoms with Gasteiger partial charge in [-0.25, -0.2) is 0 Å². The number of hydrogen-bond acceptors (Lipinski definition) is 2. The molecule has 0 radical (unpaired) electrons. The fourth-order valence-electron chi connectivity index (χ4n) is 8.63. The van der Waals surface area contributed by atoms with Crippen LogP contribution in [0.1, 0.15) is 51.7 Å². The van der Waals surface area contributed by atoms with E-state index < -0.39 is 0 Å².